The molecule has 0 saturated heterocycles. The van der Waals surface area contributed by atoms with Crippen molar-refractivity contribution in [3.8, 4) is 0 Å². The molecule has 0 amide bonds. The standard InChI is InChI=1S/C19H42Si/c1-5-9-10-11-12-13-14-15-16-17-18-19-20(6-2,7-3)8-4/h5-19H2,1-4H3. The number of hydrogen-bond acceptors (Lipinski definition) is 0. The van der Waals surface area contributed by atoms with Gasteiger partial charge in [-0.05, 0) is 0 Å². The summed E-state index contributed by atoms with van der Waals surface area (Å²) in [6.45, 7) is 9.63. The average Bonchev–Trinajstić information content (AvgIpc) is 2.49. The summed E-state index contributed by atoms with van der Waals surface area (Å²) >= 11 is 0. The summed E-state index contributed by atoms with van der Waals surface area (Å²) in [7, 11) is -0.811. The number of hydrogen-bond donors (Lipinski definition) is 0. The Labute approximate surface area is 131 Å². The molecule has 0 aliphatic heterocycles. The van der Waals surface area contributed by atoms with Gasteiger partial charge in [0, 0.05) is 0 Å². The highest BCUT2D eigenvalue weighted by Gasteiger charge is 2.25. The van der Waals surface area contributed by atoms with Gasteiger partial charge in [-0.1, -0.05) is 123 Å². The van der Waals surface area contributed by atoms with Crippen LogP contribution in [-0.4, -0.2) is 8.07 Å². The Kier molecular flexibility index (Phi) is 14.3. The van der Waals surface area contributed by atoms with Crippen LogP contribution in [0.15, 0.2) is 0 Å². The van der Waals surface area contributed by atoms with Crippen molar-refractivity contribution in [2.45, 2.75) is 123 Å². The molecule has 0 N–H and O–H groups in total. The first kappa shape index (κ1) is 20.2. The van der Waals surface area contributed by atoms with E-state index in [2.05, 4.69) is 27.7 Å². The molecule has 0 saturated carbocycles. The average molecular weight is 299 g/mol. The molecular weight excluding hydrogens is 256 g/mol. The first-order chi connectivity index (χ1) is 9.74. The smallest absolute Gasteiger partial charge is 0.0527 e. The van der Waals surface area contributed by atoms with E-state index in [1.807, 2.05) is 0 Å². The summed E-state index contributed by atoms with van der Waals surface area (Å²) in [4.78, 5) is 0. The molecule has 0 aromatic heterocycles. The lowest BCUT2D eigenvalue weighted by molar-refractivity contribution is 0.553. The van der Waals surface area contributed by atoms with Crippen LogP contribution in [0.5, 0.6) is 0 Å². The molecule has 0 aliphatic carbocycles. The molecular formula is C19H42Si. The van der Waals surface area contributed by atoms with Gasteiger partial charge in [0.05, 0.1) is 8.07 Å². The van der Waals surface area contributed by atoms with Crippen molar-refractivity contribution < 1.29 is 0 Å². The van der Waals surface area contributed by atoms with Crippen LogP contribution in [0.3, 0.4) is 0 Å². The van der Waals surface area contributed by atoms with E-state index in [1.165, 1.54) is 88.8 Å². The van der Waals surface area contributed by atoms with Gasteiger partial charge in [-0.15, -0.1) is 0 Å². The minimum atomic E-state index is -0.811. The van der Waals surface area contributed by atoms with E-state index >= 15 is 0 Å². The van der Waals surface area contributed by atoms with Crippen LogP contribution in [0.25, 0.3) is 0 Å². The fourth-order valence-corrected chi connectivity index (χ4v) is 7.01. The van der Waals surface area contributed by atoms with E-state index in [-0.39, 0.29) is 0 Å². The summed E-state index contributed by atoms with van der Waals surface area (Å²) in [5.41, 5.74) is 0. The highest BCUT2D eigenvalue weighted by Crippen LogP contribution is 2.27. The van der Waals surface area contributed by atoms with Crippen molar-refractivity contribution in [3.63, 3.8) is 0 Å². The molecule has 1 heteroatoms. The summed E-state index contributed by atoms with van der Waals surface area (Å²) in [6.07, 6.45) is 16.2. The second kappa shape index (κ2) is 14.2. The number of rotatable bonds is 15. The van der Waals surface area contributed by atoms with Gasteiger partial charge in [-0.2, -0.15) is 0 Å². The predicted octanol–water partition coefficient (Wildman–Crippen LogP) is 7.81. The Morgan fingerprint density at radius 1 is 0.450 bits per heavy atom. The molecule has 0 aliphatic rings. The van der Waals surface area contributed by atoms with Crippen LogP contribution in [0.2, 0.25) is 24.2 Å². The Morgan fingerprint density at radius 2 is 0.800 bits per heavy atom. The summed E-state index contributed by atoms with van der Waals surface area (Å²) in [5.74, 6) is 0. The molecule has 0 unspecified atom stereocenters. The van der Waals surface area contributed by atoms with Gasteiger partial charge >= 0.3 is 0 Å². The molecule has 0 nitrogen and oxygen atoms in total. The molecule has 0 fully saturated rings. The highest BCUT2D eigenvalue weighted by atomic mass is 28.3. The Bertz CT molecular complexity index is 176. The van der Waals surface area contributed by atoms with Crippen LogP contribution in [0, 0.1) is 0 Å². The fourth-order valence-electron chi connectivity index (χ4n) is 3.44. The molecule has 0 aromatic carbocycles. The molecule has 0 spiro atoms. The topological polar surface area (TPSA) is 0 Å². The lowest BCUT2D eigenvalue weighted by Gasteiger charge is -2.28. The van der Waals surface area contributed by atoms with E-state index in [9.17, 15) is 0 Å². The zero-order valence-corrected chi connectivity index (χ0v) is 16.1. The second-order valence-corrected chi connectivity index (χ2v) is 12.5. The largest absolute Gasteiger partial charge is 0.0678 e. The second-order valence-electron chi connectivity index (χ2n) is 6.85. The molecule has 0 bridgehead atoms. The first-order valence-electron chi connectivity index (χ1n) is 9.74. The predicted molar refractivity (Wildman–Crippen MR) is 98.5 cm³/mol. The van der Waals surface area contributed by atoms with Crippen LogP contribution in [-0.2, 0) is 0 Å². The van der Waals surface area contributed by atoms with Gasteiger partial charge in [0.1, 0.15) is 0 Å². The zero-order chi connectivity index (χ0) is 15.1. The minimum Gasteiger partial charge on any atom is -0.0678 e. The molecule has 20 heavy (non-hydrogen) atoms. The molecule has 0 radical (unpaired) electrons. The molecule has 0 aromatic rings. The zero-order valence-electron chi connectivity index (χ0n) is 15.1. The van der Waals surface area contributed by atoms with Gasteiger partial charge in [0.15, 0.2) is 0 Å². The third-order valence-electron chi connectivity index (χ3n) is 5.56. The van der Waals surface area contributed by atoms with E-state index in [0.29, 0.717) is 0 Å². The van der Waals surface area contributed by atoms with Crippen molar-refractivity contribution in [3.05, 3.63) is 0 Å². The lowest BCUT2D eigenvalue weighted by Crippen LogP contribution is -2.30. The van der Waals surface area contributed by atoms with Crippen LogP contribution in [0.4, 0.5) is 0 Å². The lowest BCUT2D eigenvalue weighted by atomic mass is 10.1. The fraction of sp³-hybridized carbons (Fsp3) is 1.00. The maximum Gasteiger partial charge on any atom is 0.0527 e. The van der Waals surface area contributed by atoms with E-state index in [4.69, 9.17) is 0 Å². The molecule has 0 rings (SSSR count). The Hall–Kier alpha value is 0.217. The minimum absolute atomic E-state index is 0.811. The maximum atomic E-state index is 2.44. The summed E-state index contributed by atoms with van der Waals surface area (Å²) in [5, 5.41) is 0. The van der Waals surface area contributed by atoms with E-state index < -0.39 is 8.07 Å². The van der Waals surface area contributed by atoms with Gasteiger partial charge in [0.25, 0.3) is 0 Å². The third kappa shape index (κ3) is 10.0. The van der Waals surface area contributed by atoms with Crippen LogP contribution in [0.1, 0.15) is 98.3 Å². The molecule has 0 atom stereocenters. The summed E-state index contributed by atoms with van der Waals surface area (Å²) in [6, 6.07) is 6.14. The van der Waals surface area contributed by atoms with Crippen LogP contribution >= 0.6 is 0 Å². The van der Waals surface area contributed by atoms with Gasteiger partial charge in [-0.25, -0.2) is 0 Å². The van der Waals surface area contributed by atoms with E-state index in [0.717, 1.165) is 0 Å². The van der Waals surface area contributed by atoms with Gasteiger partial charge < -0.3 is 0 Å². The van der Waals surface area contributed by atoms with E-state index in [1.54, 1.807) is 6.04 Å². The van der Waals surface area contributed by atoms with Crippen molar-refractivity contribution in [1.82, 2.24) is 0 Å². The Balaban J connectivity index is 3.32. The van der Waals surface area contributed by atoms with Gasteiger partial charge in [0.2, 0.25) is 0 Å². The summed E-state index contributed by atoms with van der Waals surface area (Å²) < 4.78 is 0. The SMILES string of the molecule is CCCCCCCCCCCCC[Si](CC)(CC)CC. The van der Waals surface area contributed by atoms with Crippen molar-refractivity contribution in [1.29, 1.82) is 0 Å². The maximum absolute atomic E-state index is 2.44. The highest BCUT2D eigenvalue weighted by molar-refractivity contribution is 6.79. The van der Waals surface area contributed by atoms with Crippen molar-refractivity contribution in [2.24, 2.45) is 0 Å². The quantitative estimate of drug-likeness (QED) is 0.214. The number of unbranched alkanes of at least 4 members (excludes halogenated alkanes) is 10. The molecule has 0 heterocycles. The van der Waals surface area contributed by atoms with Crippen LogP contribution < -0.4 is 0 Å². The monoisotopic (exact) mass is 298 g/mol. The van der Waals surface area contributed by atoms with Crippen molar-refractivity contribution >= 4 is 8.07 Å². The van der Waals surface area contributed by atoms with Crippen molar-refractivity contribution in [2.75, 3.05) is 0 Å². The van der Waals surface area contributed by atoms with Gasteiger partial charge in [-0.3, -0.25) is 0 Å². The Morgan fingerprint density at radius 3 is 1.15 bits per heavy atom. The molecule has 122 valence electrons. The normalized spacial score (nSPS) is 12.0. The first-order valence-corrected chi connectivity index (χ1v) is 12.6. The third-order valence-corrected chi connectivity index (χ3v) is 11.5.